The van der Waals surface area contributed by atoms with Crippen molar-refractivity contribution >= 4 is 0 Å². The summed E-state index contributed by atoms with van der Waals surface area (Å²) in [6.45, 7) is 0.773. The van der Waals surface area contributed by atoms with Gasteiger partial charge in [0, 0.05) is 18.2 Å². The fourth-order valence-corrected chi connectivity index (χ4v) is 2.48. The molecule has 0 aliphatic heterocycles. The highest BCUT2D eigenvalue weighted by molar-refractivity contribution is 5.14. The molecule has 0 aromatic carbocycles. The molecule has 2 fully saturated rings. The summed E-state index contributed by atoms with van der Waals surface area (Å²) < 4.78 is 2.47. The number of nitrogens with two attached hydrogens (primary N) is 1. The maximum atomic E-state index is 5.56. The molecule has 2 saturated carbocycles. The van der Waals surface area contributed by atoms with E-state index in [4.69, 9.17) is 10.7 Å². The van der Waals surface area contributed by atoms with Crippen molar-refractivity contribution in [3.05, 3.63) is 17.7 Å². The summed E-state index contributed by atoms with van der Waals surface area (Å²) in [5, 5.41) is 0. The normalized spacial score (nSPS) is 21.1. The lowest BCUT2D eigenvalue weighted by atomic mass is 9.85. The molecule has 0 amide bonds. The van der Waals surface area contributed by atoms with Crippen LogP contribution in [0.15, 0.2) is 6.20 Å². The van der Waals surface area contributed by atoms with Crippen molar-refractivity contribution in [1.29, 1.82) is 0 Å². The van der Waals surface area contributed by atoms with E-state index in [2.05, 4.69) is 10.8 Å². The predicted molar refractivity (Wildman–Crippen MR) is 64.5 cm³/mol. The maximum Gasteiger partial charge on any atom is 0.112 e. The van der Waals surface area contributed by atoms with Crippen LogP contribution >= 0.6 is 0 Å². The fourth-order valence-electron chi connectivity index (χ4n) is 2.48. The third-order valence-electron chi connectivity index (χ3n) is 3.86. The van der Waals surface area contributed by atoms with Gasteiger partial charge in [0.1, 0.15) is 5.82 Å². The average Bonchev–Trinajstić information content (AvgIpc) is 2.97. The zero-order valence-corrected chi connectivity index (χ0v) is 9.86. The first kappa shape index (κ1) is 10.3. The second-order valence-corrected chi connectivity index (χ2v) is 5.25. The van der Waals surface area contributed by atoms with Crippen molar-refractivity contribution in [2.75, 3.05) is 6.54 Å². The van der Waals surface area contributed by atoms with Crippen LogP contribution in [0.2, 0.25) is 0 Å². The largest absolute Gasteiger partial charge is 0.331 e. The number of nitrogens with zero attached hydrogens (tertiary/aromatic N) is 2. The Hall–Kier alpha value is -0.830. The number of hydrogen-bond donors (Lipinski definition) is 1. The first-order chi connectivity index (χ1) is 7.88. The lowest BCUT2D eigenvalue weighted by molar-refractivity contribution is 0.387. The zero-order valence-electron chi connectivity index (χ0n) is 9.86. The van der Waals surface area contributed by atoms with Crippen LogP contribution in [0.1, 0.15) is 62.0 Å². The summed E-state index contributed by atoms with van der Waals surface area (Å²) in [6.07, 6.45) is 11.2. The molecule has 3 nitrogen and oxygen atoms in total. The van der Waals surface area contributed by atoms with Crippen molar-refractivity contribution in [3.8, 4) is 0 Å². The van der Waals surface area contributed by atoms with E-state index in [1.807, 2.05) is 0 Å². The lowest BCUT2D eigenvalue weighted by Crippen LogP contribution is -2.14. The number of aromatic nitrogens is 2. The maximum absolute atomic E-state index is 5.56. The lowest BCUT2D eigenvalue weighted by Gasteiger charge is -2.25. The molecule has 3 rings (SSSR count). The summed E-state index contributed by atoms with van der Waals surface area (Å²) in [4.78, 5) is 4.84. The van der Waals surface area contributed by atoms with Crippen LogP contribution < -0.4 is 5.73 Å². The highest BCUT2D eigenvalue weighted by Crippen LogP contribution is 2.42. The topological polar surface area (TPSA) is 43.8 Å². The van der Waals surface area contributed by atoms with Gasteiger partial charge in [-0.3, -0.25) is 0 Å². The molecule has 16 heavy (non-hydrogen) atoms. The monoisotopic (exact) mass is 219 g/mol. The Bertz CT molecular complexity index is 361. The van der Waals surface area contributed by atoms with Crippen molar-refractivity contribution in [2.24, 2.45) is 5.73 Å². The van der Waals surface area contributed by atoms with Gasteiger partial charge in [0.25, 0.3) is 0 Å². The minimum Gasteiger partial charge on any atom is -0.331 e. The van der Waals surface area contributed by atoms with E-state index in [1.54, 1.807) is 0 Å². The van der Waals surface area contributed by atoms with E-state index in [-0.39, 0.29) is 0 Å². The SMILES string of the molecule is NCCCc1cn(C2CC2)c(C2CCC2)n1. The molecule has 0 saturated heterocycles. The van der Waals surface area contributed by atoms with E-state index in [1.165, 1.54) is 43.6 Å². The minimum atomic E-state index is 0.757. The highest BCUT2D eigenvalue weighted by atomic mass is 15.1. The Morgan fingerprint density at radius 3 is 2.69 bits per heavy atom. The molecule has 0 bridgehead atoms. The molecular weight excluding hydrogens is 198 g/mol. The van der Waals surface area contributed by atoms with Gasteiger partial charge in [0.2, 0.25) is 0 Å². The summed E-state index contributed by atoms with van der Waals surface area (Å²) in [7, 11) is 0. The van der Waals surface area contributed by atoms with Crippen molar-refractivity contribution in [2.45, 2.75) is 56.9 Å². The van der Waals surface area contributed by atoms with Crippen LogP contribution in [-0.4, -0.2) is 16.1 Å². The standard InChI is InChI=1S/C13H21N3/c14-8-2-5-11-9-16(12-6-7-12)13(15-11)10-3-1-4-10/h9-10,12H,1-8,14H2. The summed E-state index contributed by atoms with van der Waals surface area (Å²) in [5.41, 5.74) is 6.82. The number of rotatable bonds is 5. The molecule has 2 aliphatic carbocycles. The van der Waals surface area contributed by atoms with Crippen molar-refractivity contribution in [1.82, 2.24) is 9.55 Å². The first-order valence-electron chi connectivity index (χ1n) is 6.66. The molecule has 0 unspecified atom stereocenters. The smallest absolute Gasteiger partial charge is 0.112 e. The second-order valence-electron chi connectivity index (χ2n) is 5.25. The third kappa shape index (κ3) is 1.88. The van der Waals surface area contributed by atoms with Crippen LogP contribution in [0.25, 0.3) is 0 Å². The Labute approximate surface area is 97.0 Å². The highest BCUT2D eigenvalue weighted by Gasteiger charge is 2.31. The molecule has 88 valence electrons. The third-order valence-corrected chi connectivity index (χ3v) is 3.86. The Morgan fingerprint density at radius 2 is 2.12 bits per heavy atom. The van der Waals surface area contributed by atoms with Gasteiger partial charge >= 0.3 is 0 Å². The molecular formula is C13H21N3. The Morgan fingerprint density at radius 1 is 1.31 bits per heavy atom. The summed E-state index contributed by atoms with van der Waals surface area (Å²) in [5.74, 6) is 2.13. The Kier molecular flexibility index (Phi) is 2.72. The van der Waals surface area contributed by atoms with Gasteiger partial charge < -0.3 is 10.3 Å². The Balaban J connectivity index is 1.79. The van der Waals surface area contributed by atoms with Crippen LogP contribution in [0.5, 0.6) is 0 Å². The summed E-state index contributed by atoms with van der Waals surface area (Å²) in [6, 6.07) is 0.773. The van der Waals surface area contributed by atoms with Crippen LogP contribution in [0.3, 0.4) is 0 Å². The molecule has 1 aromatic rings. The van der Waals surface area contributed by atoms with Gasteiger partial charge in [0.05, 0.1) is 5.69 Å². The van der Waals surface area contributed by atoms with E-state index < -0.39 is 0 Å². The van der Waals surface area contributed by atoms with Crippen LogP contribution in [0, 0.1) is 0 Å². The van der Waals surface area contributed by atoms with Gasteiger partial charge in [-0.1, -0.05) is 6.42 Å². The first-order valence-corrected chi connectivity index (χ1v) is 6.66. The molecule has 3 heteroatoms. The zero-order chi connectivity index (χ0) is 11.0. The van der Waals surface area contributed by atoms with Gasteiger partial charge in [-0.25, -0.2) is 4.98 Å². The van der Waals surface area contributed by atoms with Gasteiger partial charge in [-0.15, -0.1) is 0 Å². The quantitative estimate of drug-likeness (QED) is 0.826. The van der Waals surface area contributed by atoms with Crippen molar-refractivity contribution < 1.29 is 0 Å². The van der Waals surface area contributed by atoms with E-state index in [0.717, 1.165) is 31.3 Å². The molecule has 1 aromatic heterocycles. The van der Waals surface area contributed by atoms with Gasteiger partial charge in [0.15, 0.2) is 0 Å². The molecule has 2 aliphatic rings. The number of aryl methyl sites for hydroxylation is 1. The van der Waals surface area contributed by atoms with E-state index >= 15 is 0 Å². The van der Waals surface area contributed by atoms with E-state index in [0.29, 0.717) is 0 Å². The number of hydrogen-bond acceptors (Lipinski definition) is 2. The summed E-state index contributed by atoms with van der Waals surface area (Å²) >= 11 is 0. The average molecular weight is 219 g/mol. The number of imidazole rings is 1. The fraction of sp³-hybridized carbons (Fsp3) is 0.769. The second kappa shape index (κ2) is 4.21. The van der Waals surface area contributed by atoms with Gasteiger partial charge in [-0.05, 0) is 45.1 Å². The van der Waals surface area contributed by atoms with Crippen LogP contribution in [-0.2, 0) is 6.42 Å². The van der Waals surface area contributed by atoms with Crippen LogP contribution in [0.4, 0.5) is 0 Å². The predicted octanol–water partition coefficient (Wildman–Crippen LogP) is 2.38. The molecule has 0 atom stereocenters. The molecule has 0 spiro atoms. The molecule has 1 heterocycles. The molecule has 0 radical (unpaired) electrons. The van der Waals surface area contributed by atoms with E-state index in [9.17, 15) is 0 Å². The van der Waals surface area contributed by atoms with Crippen molar-refractivity contribution in [3.63, 3.8) is 0 Å². The van der Waals surface area contributed by atoms with Gasteiger partial charge in [-0.2, -0.15) is 0 Å². The molecule has 2 N–H and O–H groups in total. The minimum absolute atomic E-state index is 0.757.